The van der Waals surface area contributed by atoms with Gasteiger partial charge in [-0.3, -0.25) is 4.99 Å². The minimum absolute atomic E-state index is 0.863. The van der Waals surface area contributed by atoms with Gasteiger partial charge in [0.25, 0.3) is 0 Å². The van der Waals surface area contributed by atoms with E-state index in [1.165, 1.54) is 11.1 Å². The molecule has 0 rings (SSSR count). The third-order valence-electron chi connectivity index (χ3n) is 2.85. The van der Waals surface area contributed by atoms with Gasteiger partial charge in [0.2, 0.25) is 0 Å². The number of rotatable bonds is 7. The monoisotopic (exact) mass is 258 g/mol. The van der Waals surface area contributed by atoms with E-state index < -0.39 is 0 Å². The summed E-state index contributed by atoms with van der Waals surface area (Å²) in [5.74, 6) is 0. The van der Waals surface area contributed by atoms with Gasteiger partial charge in [0.05, 0.1) is 0 Å². The van der Waals surface area contributed by atoms with E-state index in [4.69, 9.17) is 0 Å². The molecule has 1 N–H and O–H groups in total. The van der Waals surface area contributed by atoms with E-state index in [-0.39, 0.29) is 0 Å². The molecule has 0 bridgehead atoms. The second-order valence-electron chi connectivity index (χ2n) is 4.14. The number of hydrogen-bond acceptors (Lipinski definition) is 2. The molecule has 0 atom stereocenters. The van der Waals surface area contributed by atoms with Gasteiger partial charge >= 0.3 is 0 Å². The summed E-state index contributed by atoms with van der Waals surface area (Å²) in [5, 5.41) is 3.14. The molecule has 2 heteroatoms. The predicted octanol–water partition coefficient (Wildman–Crippen LogP) is 4.21. The highest BCUT2D eigenvalue weighted by atomic mass is 14.8. The fourth-order valence-corrected chi connectivity index (χ4v) is 1.61. The summed E-state index contributed by atoms with van der Waals surface area (Å²) >= 11 is 0. The third-order valence-corrected chi connectivity index (χ3v) is 2.85. The highest BCUT2D eigenvalue weighted by molar-refractivity contribution is 5.78. The number of hydrogen-bond donors (Lipinski definition) is 1. The minimum atomic E-state index is 0.863. The number of allylic oxidation sites excluding steroid dienone is 9. The highest BCUT2D eigenvalue weighted by Gasteiger charge is 1.99. The lowest BCUT2D eigenvalue weighted by Crippen LogP contribution is -2.02. The van der Waals surface area contributed by atoms with Crippen LogP contribution in [0.25, 0.3) is 0 Å². The van der Waals surface area contributed by atoms with Crippen LogP contribution in [-0.2, 0) is 0 Å². The standard InChI is InChI=1S/C17H26N2/c1-7-15(13-18-5)10-11-17(12-14(4)19-6)16(8-2)9-3/h7-9,11-13,19H,2,10H2,1,3-6H3/b14-12+,15-7-,16-9-,17-11-,18-13?. The number of aliphatic imine (C=N–C) groups is 1. The molecule has 2 nitrogen and oxygen atoms in total. The summed E-state index contributed by atoms with van der Waals surface area (Å²) in [6.07, 6.45) is 13.1. The molecule has 0 aliphatic heterocycles. The Morgan fingerprint density at radius 2 is 1.89 bits per heavy atom. The Balaban J connectivity index is 5.31. The Morgan fingerprint density at radius 3 is 2.32 bits per heavy atom. The lowest BCUT2D eigenvalue weighted by Gasteiger charge is -2.07. The first-order chi connectivity index (χ1) is 9.12. The molecule has 0 saturated heterocycles. The smallest absolute Gasteiger partial charge is 0.0277 e. The molecule has 0 aromatic heterocycles. The van der Waals surface area contributed by atoms with Gasteiger partial charge in [-0.2, -0.15) is 0 Å². The summed E-state index contributed by atoms with van der Waals surface area (Å²) < 4.78 is 0. The van der Waals surface area contributed by atoms with Gasteiger partial charge in [0, 0.05) is 26.0 Å². The van der Waals surface area contributed by atoms with Crippen molar-refractivity contribution in [2.45, 2.75) is 27.2 Å². The molecule has 0 aromatic rings. The molecule has 0 saturated carbocycles. The molecule has 0 aliphatic rings. The summed E-state index contributed by atoms with van der Waals surface area (Å²) in [4.78, 5) is 4.06. The molecule has 0 aromatic carbocycles. The van der Waals surface area contributed by atoms with Crippen molar-refractivity contribution in [3.05, 3.63) is 59.4 Å². The lowest BCUT2D eigenvalue weighted by atomic mass is 10.0. The molecule has 0 radical (unpaired) electrons. The molecule has 19 heavy (non-hydrogen) atoms. The van der Waals surface area contributed by atoms with Gasteiger partial charge in [-0.15, -0.1) is 0 Å². The van der Waals surface area contributed by atoms with Crippen LogP contribution in [0, 0.1) is 0 Å². The van der Waals surface area contributed by atoms with Crippen molar-refractivity contribution in [3.63, 3.8) is 0 Å². The van der Waals surface area contributed by atoms with Crippen LogP contribution in [0.2, 0.25) is 0 Å². The minimum Gasteiger partial charge on any atom is -0.392 e. The van der Waals surface area contributed by atoms with Gasteiger partial charge in [0.15, 0.2) is 0 Å². The first-order valence-electron chi connectivity index (χ1n) is 6.55. The Hall–Kier alpha value is -1.83. The van der Waals surface area contributed by atoms with Crippen LogP contribution in [0.5, 0.6) is 0 Å². The maximum absolute atomic E-state index is 4.06. The van der Waals surface area contributed by atoms with E-state index in [2.05, 4.69) is 41.2 Å². The second-order valence-corrected chi connectivity index (χ2v) is 4.14. The van der Waals surface area contributed by atoms with Gasteiger partial charge in [-0.25, -0.2) is 0 Å². The summed E-state index contributed by atoms with van der Waals surface area (Å²) in [6.45, 7) is 9.98. The molecule has 0 spiro atoms. The van der Waals surface area contributed by atoms with E-state index in [1.807, 2.05) is 40.1 Å². The first kappa shape index (κ1) is 17.2. The van der Waals surface area contributed by atoms with Crippen LogP contribution in [0.3, 0.4) is 0 Å². The van der Waals surface area contributed by atoms with Gasteiger partial charge in [0.1, 0.15) is 0 Å². The van der Waals surface area contributed by atoms with Crippen molar-refractivity contribution in [3.8, 4) is 0 Å². The third kappa shape index (κ3) is 6.61. The zero-order chi connectivity index (χ0) is 14.7. The fourth-order valence-electron chi connectivity index (χ4n) is 1.61. The summed E-state index contributed by atoms with van der Waals surface area (Å²) in [6, 6.07) is 0. The molecule has 0 heterocycles. The van der Waals surface area contributed by atoms with Crippen molar-refractivity contribution in [1.82, 2.24) is 5.32 Å². The SMILES string of the molecule is C=CC(=C/C)/C(=C\C/C(C=NC)=C/C)/C=C(\C)NC. The van der Waals surface area contributed by atoms with Crippen LogP contribution >= 0.6 is 0 Å². The molecule has 104 valence electrons. The number of nitrogens with zero attached hydrogens (tertiary/aromatic N) is 1. The maximum atomic E-state index is 4.06. The van der Waals surface area contributed by atoms with Gasteiger partial charge in [-0.05, 0) is 50.0 Å². The van der Waals surface area contributed by atoms with Crippen molar-refractivity contribution >= 4 is 6.21 Å². The number of nitrogens with one attached hydrogen (secondary N) is 1. The zero-order valence-corrected chi connectivity index (χ0v) is 12.8. The molecule has 0 fully saturated rings. The fraction of sp³-hybridized carbons (Fsp3) is 0.353. The van der Waals surface area contributed by atoms with Crippen molar-refractivity contribution in [1.29, 1.82) is 0 Å². The van der Waals surface area contributed by atoms with Gasteiger partial charge in [-0.1, -0.05) is 30.9 Å². The zero-order valence-electron chi connectivity index (χ0n) is 12.8. The Kier molecular flexibility index (Phi) is 9.15. The van der Waals surface area contributed by atoms with Crippen LogP contribution in [0.4, 0.5) is 0 Å². The van der Waals surface area contributed by atoms with Crippen LogP contribution < -0.4 is 5.32 Å². The van der Waals surface area contributed by atoms with E-state index >= 15 is 0 Å². The Morgan fingerprint density at radius 1 is 1.21 bits per heavy atom. The van der Waals surface area contributed by atoms with Crippen molar-refractivity contribution in [2.75, 3.05) is 14.1 Å². The van der Waals surface area contributed by atoms with Crippen LogP contribution in [-0.4, -0.2) is 20.3 Å². The van der Waals surface area contributed by atoms with E-state index in [1.54, 1.807) is 7.05 Å². The molecular formula is C17H26N2. The second kappa shape index (κ2) is 10.1. The lowest BCUT2D eigenvalue weighted by molar-refractivity contribution is 0.986. The average molecular weight is 258 g/mol. The molecule has 0 amide bonds. The molecular weight excluding hydrogens is 232 g/mol. The van der Waals surface area contributed by atoms with E-state index in [0.29, 0.717) is 0 Å². The van der Waals surface area contributed by atoms with Gasteiger partial charge < -0.3 is 5.32 Å². The normalized spacial score (nSPS) is 15.0. The van der Waals surface area contributed by atoms with E-state index in [9.17, 15) is 0 Å². The Bertz CT molecular complexity index is 432. The topological polar surface area (TPSA) is 24.4 Å². The molecule has 0 aliphatic carbocycles. The maximum Gasteiger partial charge on any atom is 0.0277 e. The largest absolute Gasteiger partial charge is 0.392 e. The average Bonchev–Trinajstić information content (AvgIpc) is 2.43. The highest BCUT2D eigenvalue weighted by Crippen LogP contribution is 2.16. The first-order valence-corrected chi connectivity index (χ1v) is 6.55. The van der Waals surface area contributed by atoms with Crippen molar-refractivity contribution < 1.29 is 0 Å². The quantitative estimate of drug-likeness (QED) is 0.537. The summed E-state index contributed by atoms with van der Waals surface area (Å²) in [5.41, 5.74) is 4.64. The predicted molar refractivity (Wildman–Crippen MR) is 87.6 cm³/mol. The van der Waals surface area contributed by atoms with Crippen molar-refractivity contribution in [2.24, 2.45) is 4.99 Å². The van der Waals surface area contributed by atoms with Crippen LogP contribution in [0.1, 0.15) is 27.2 Å². The molecule has 0 unspecified atom stereocenters. The summed E-state index contributed by atoms with van der Waals surface area (Å²) in [7, 11) is 3.72. The van der Waals surface area contributed by atoms with Crippen LogP contribution in [0.15, 0.2) is 64.4 Å². The van der Waals surface area contributed by atoms with E-state index in [0.717, 1.165) is 17.7 Å². The Labute approximate surface area is 118 Å².